The maximum atomic E-state index is 11.7. The molecule has 0 aliphatic carbocycles. The number of hydrogen-bond donors (Lipinski definition) is 1. The van der Waals surface area contributed by atoms with Crippen LogP contribution in [0.5, 0.6) is 0 Å². The molecule has 0 bridgehead atoms. The molecule has 0 saturated heterocycles. The monoisotopic (exact) mass is 293 g/mol. The lowest BCUT2D eigenvalue weighted by Gasteiger charge is -2.25. The number of carbonyl (C=O) groups is 1. The van der Waals surface area contributed by atoms with Crippen molar-refractivity contribution in [3.63, 3.8) is 0 Å². The number of benzene rings is 1. The molecule has 1 N–H and O–H groups in total. The van der Waals surface area contributed by atoms with Gasteiger partial charge in [-0.15, -0.1) is 0 Å². The number of rotatable bonds is 10. The minimum atomic E-state index is -0.623. The molecule has 0 aromatic heterocycles. The molecular formula is C17H27NO3. The van der Waals surface area contributed by atoms with Gasteiger partial charge in [0.1, 0.15) is 5.54 Å². The Bertz CT molecular complexity index is 408. The molecule has 1 aromatic rings. The van der Waals surface area contributed by atoms with Crippen LogP contribution in [0.3, 0.4) is 0 Å². The van der Waals surface area contributed by atoms with Crippen molar-refractivity contribution in [2.75, 3.05) is 27.4 Å². The zero-order valence-electron chi connectivity index (χ0n) is 13.4. The molecule has 0 aliphatic rings. The van der Waals surface area contributed by atoms with Crippen LogP contribution in [0, 0.1) is 0 Å². The van der Waals surface area contributed by atoms with Crippen molar-refractivity contribution in [1.82, 2.24) is 5.32 Å². The van der Waals surface area contributed by atoms with Crippen molar-refractivity contribution >= 4 is 5.97 Å². The minimum Gasteiger partial charge on any atom is -0.468 e. The average Bonchev–Trinajstić information content (AvgIpc) is 2.53. The number of nitrogens with one attached hydrogen (secondary N) is 1. The van der Waals surface area contributed by atoms with E-state index in [0.717, 1.165) is 25.9 Å². The predicted molar refractivity (Wildman–Crippen MR) is 84.3 cm³/mol. The van der Waals surface area contributed by atoms with Gasteiger partial charge in [0.15, 0.2) is 0 Å². The summed E-state index contributed by atoms with van der Waals surface area (Å²) in [5, 5.41) is 3.02. The summed E-state index contributed by atoms with van der Waals surface area (Å²) >= 11 is 0. The predicted octanol–water partition coefficient (Wildman–Crippen LogP) is 2.57. The van der Waals surface area contributed by atoms with Crippen molar-refractivity contribution in [3.8, 4) is 0 Å². The summed E-state index contributed by atoms with van der Waals surface area (Å²) in [5.41, 5.74) is 0.719. The van der Waals surface area contributed by atoms with Crippen LogP contribution >= 0.6 is 0 Å². The summed E-state index contributed by atoms with van der Waals surface area (Å²) in [6, 6.07) is 10.4. The number of ether oxygens (including phenoxy) is 2. The van der Waals surface area contributed by atoms with Crippen molar-refractivity contribution in [1.29, 1.82) is 0 Å². The van der Waals surface area contributed by atoms with E-state index in [-0.39, 0.29) is 5.97 Å². The molecule has 0 aliphatic heterocycles. The Morgan fingerprint density at radius 2 is 1.86 bits per heavy atom. The average molecular weight is 293 g/mol. The fourth-order valence-electron chi connectivity index (χ4n) is 2.21. The fourth-order valence-corrected chi connectivity index (χ4v) is 2.21. The minimum absolute atomic E-state index is 0.228. The normalized spacial score (nSPS) is 13.7. The summed E-state index contributed by atoms with van der Waals surface area (Å²) in [5.74, 6) is -0.228. The molecule has 0 spiro atoms. The van der Waals surface area contributed by atoms with E-state index in [1.54, 1.807) is 7.05 Å². The molecule has 1 rings (SSSR count). The molecule has 0 saturated carbocycles. The van der Waals surface area contributed by atoms with Crippen molar-refractivity contribution in [2.24, 2.45) is 0 Å². The van der Waals surface area contributed by atoms with Crippen LogP contribution in [0.15, 0.2) is 30.3 Å². The Balaban J connectivity index is 2.10. The Morgan fingerprint density at radius 1 is 1.19 bits per heavy atom. The third-order valence-electron chi connectivity index (χ3n) is 3.75. The summed E-state index contributed by atoms with van der Waals surface area (Å²) in [4.78, 5) is 11.7. The Morgan fingerprint density at radius 3 is 2.48 bits per heavy atom. The summed E-state index contributed by atoms with van der Waals surface area (Å²) < 4.78 is 10.4. The summed E-state index contributed by atoms with van der Waals surface area (Å²) in [6.07, 6.45) is 3.59. The van der Waals surface area contributed by atoms with Crippen LogP contribution in [0.1, 0.15) is 31.7 Å². The lowest BCUT2D eigenvalue weighted by atomic mass is 9.96. The molecule has 0 radical (unpaired) electrons. The van der Waals surface area contributed by atoms with Gasteiger partial charge in [0.2, 0.25) is 0 Å². The van der Waals surface area contributed by atoms with E-state index in [4.69, 9.17) is 9.47 Å². The van der Waals surface area contributed by atoms with Gasteiger partial charge in [0.05, 0.1) is 7.11 Å². The van der Waals surface area contributed by atoms with Crippen LogP contribution in [-0.2, 0) is 20.7 Å². The highest BCUT2D eigenvalue weighted by atomic mass is 16.5. The molecular weight excluding hydrogens is 266 g/mol. The third-order valence-corrected chi connectivity index (χ3v) is 3.75. The van der Waals surface area contributed by atoms with Gasteiger partial charge >= 0.3 is 5.97 Å². The van der Waals surface area contributed by atoms with E-state index < -0.39 is 5.54 Å². The molecule has 21 heavy (non-hydrogen) atoms. The van der Waals surface area contributed by atoms with E-state index in [2.05, 4.69) is 29.6 Å². The van der Waals surface area contributed by atoms with E-state index >= 15 is 0 Å². The second kappa shape index (κ2) is 9.53. The van der Waals surface area contributed by atoms with E-state index in [0.29, 0.717) is 13.0 Å². The summed E-state index contributed by atoms with van der Waals surface area (Å²) in [6.45, 7) is 3.28. The third kappa shape index (κ3) is 6.27. The first kappa shape index (κ1) is 17.7. The lowest BCUT2D eigenvalue weighted by Crippen LogP contribution is -2.48. The molecule has 0 heterocycles. The SMILES string of the molecule is CNC(C)(CCCOCCCc1ccccc1)C(=O)OC. The topological polar surface area (TPSA) is 47.6 Å². The first-order chi connectivity index (χ1) is 10.1. The number of hydrogen-bond acceptors (Lipinski definition) is 4. The molecule has 0 amide bonds. The largest absolute Gasteiger partial charge is 0.468 e. The fraction of sp³-hybridized carbons (Fsp3) is 0.588. The smallest absolute Gasteiger partial charge is 0.325 e. The molecule has 4 heteroatoms. The number of methoxy groups -OCH3 is 1. The highest BCUT2D eigenvalue weighted by molar-refractivity contribution is 5.80. The van der Waals surface area contributed by atoms with Crippen LogP contribution in [0.4, 0.5) is 0 Å². The second-order valence-electron chi connectivity index (χ2n) is 5.38. The van der Waals surface area contributed by atoms with Crippen LogP contribution in [0.2, 0.25) is 0 Å². The molecule has 118 valence electrons. The van der Waals surface area contributed by atoms with Gasteiger partial charge in [-0.3, -0.25) is 4.79 Å². The number of aryl methyl sites for hydroxylation is 1. The zero-order chi connectivity index (χ0) is 15.6. The number of carbonyl (C=O) groups excluding carboxylic acids is 1. The van der Waals surface area contributed by atoms with Gasteiger partial charge in [0.25, 0.3) is 0 Å². The van der Waals surface area contributed by atoms with Gasteiger partial charge in [-0.2, -0.15) is 0 Å². The van der Waals surface area contributed by atoms with Gasteiger partial charge < -0.3 is 14.8 Å². The van der Waals surface area contributed by atoms with Gasteiger partial charge in [-0.1, -0.05) is 30.3 Å². The molecule has 1 aromatic carbocycles. The van der Waals surface area contributed by atoms with Crippen molar-refractivity contribution < 1.29 is 14.3 Å². The highest BCUT2D eigenvalue weighted by Gasteiger charge is 2.31. The van der Waals surface area contributed by atoms with Gasteiger partial charge in [-0.05, 0) is 45.2 Å². The molecule has 1 atom stereocenters. The van der Waals surface area contributed by atoms with E-state index in [9.17, 15) is 4.79 Å². The molecule has 0 fully saturated rings. The lowest BCUT2D eigenvalue weighted by molar-refractivity contribution is -0.148. The standard InChI is InChI=1S/C17H27NO3/c1-17(18-2,16(19)20-3)12-8-14-21-13-7-11-15-9-5-4-6-10-15/h4-6,9-10,18H,7-8,11-14H2,1-3H3. The van der Waals surface area contributed by atoms with E-state index in [1.165, 1.54) is 12.7 Å². The maximum absolute atomic E-state index is 11.7. The Kier molecular flexibility index (Phi) is 8.01. The van der Waals surface area contributed by atoms with Crippen LogP contribution in [0.25, 0.3) is 0 Å². The first-order valence-corrected chi connectivity index (χ1v) is 7.51. The highest BCUT2D eigenvalue weighted by Crippen LogP contribution is 2.14. The van der Waals surface area contributed by atoms with Crippen molar-refractivity contribution in [3.05, 3.63) is 35.9 Å². The van der Waals surface area contributed by atoms with E-state index in [1.807, 2.05) is 13.0 Å². The summed E-state index contributed by atoms with van der Waals surface area (Å²) in [7, 11) is 3.19. The maximum Gasteiger partial charge on any atom is 0.325 e. The van der Waals surface area contributed by atoms with Crippen LogP contribution < -0.4 is 5.32 Å². The number of esters is 1. The first-order valence-electron chi connectivity index (χ1n) is 7.51. The van der Waals surface area contributed by atoms with Crippen LogP contribution in [-0.4, -0.2) is 38.9 Å². The van der Waals surface area contributed by atoms with Gasteiger partial charge in [0, 0.05) is 13.2 Å². The second-order valence-corrected chi connectivity index (χ2v) is 5.38. The van der Waals surface area contributed by atoms with Gasteiger partial charge in [-0.25, -0.2) is 0 Å². The Hall–Kier alpha value is -1.39. The molecule has 4 nitrogen and oxygen atoms in total. The molecule has 1 unspecified atom stereocenters. The number of likely N-dealkylation sites (N-methyl/N-ethyl adjacent to an activating group) is 1. The van der Waals surface area contributed by atoms with Crippen molar-refractivity contribution in [2.45, 2.75) is 38.1 Å². The Labute approximate surface area is 127 Å². The quantitative estimate of drug-likeness (QED) is 0.532. The zero-order valence-corrected chi connectivity index (χ0v) is 13.4.